The van der Waals surface area contributed by atoms with Crippen LogP contribution in [0.15, 0.2) is 29.2 Å². The van der Waals surface area contributed by atoms with Crippen molar-refractivity contribution in [1.82, 2.24) is 9.62 Å². The van der Waals surface area contributed by atoms with E-state index >= 15 is 0 Å². The van der Waals surface area contributed by atoms with Crippen molar-refractivity contribution in [3.05, 3.63) is 29.8 Å². The van der Waals surface area contributed by atoms with E-state index in [1.807, 2.05) is 13.8 Å². The van der Waals surface area contributed by atoms with Crippen LogP contribution in [-0.2, 0) is 21.2 Å². The van der Waals surface area contributed by atoms with E-state index in [0.717, 1.165) is 24.8 Å². The van der Waals surface area contributed by atoms with Crippen LogP contribution in [0.2, 0.25) is 0 Å². The van der Waals surface area contributed by atoms with Gasteiger partial charge in [-0.15, -0.1) is 6.42 Å². The summed E-state index contributed by atoms with van der Waals surface area (Å²) in [5.74, 6) is 2.61. The zero-order chi connectivity index (χ0) is 19.9. The first-order valence-corrected chi connectivity index (χ1v) is 11.2. The molecule has 6 heteroatoms. The van der Waals surface area contributed by atoms with Crippen molar-refractivity contribution >= 4 is 15.9 Å². The number of nitrogens with zero attached hydrogens (tertiary/aromatic N) is 1. The van der Waals surface area contributed by atoms with Crippen LogP contribution in [0.4, 0.5) is 0 Å². The molecule has 0 aliphatic carbocycles. The third-order valence-electron chi connectivity index (χ3n) is 5.38. The molecule has 0 aromatic heterocycles. The molecule has 0 atom stereocenters. The van der Waals surface area contributed by atoms with Gasteiger partial charge in [0.05, 0.1) is 4.90 Å². The van der Waals surface area contributed by atoms with Gasteiger partial charge in [0.2, 0.25) is 15.9 Å². The second kappa shape index (κ2) is 9.38. The normalized spacial score (nSPS) is 15.9. The van der Waals surface area contributed by atoms with Crippen molar-refractivity contribution in [2.75, 3.05) is 13.1 Å². The smallest absolute Gasteiger partial charge is 0.243 e. The maximum Gasteiger partial charge on any atom is 0.243 e. The van der Waals surface area contributed by atoms with Gasteiger partial charge in [-0.05, 0) is 49.8 Å². The second-order valence-electron chi connectivity index (χ2n) is 7.09. The van der Waals surface area contributed by atoms with E-state index in [2.05, 4.69) is 11.2 Å². The van der Waals surface area contributed by atoms with Gasteiger partial charge in [0, 0.05) is 19.5 Å². The Morgan fingerprint density at radius 3 is 2.26 bits per heavy atom. The van der Waals surface area contributed by atoms with Gasteiger partial charge in [-0.25, -0.2) is 8.42 Å². The Hall–Kier alpha value is -1.84. The Morgan fingerprint density at radius 2 is 1.74 bits per heavy atom. The molecule has 1 amide bonds. The number of carbonyl (C=O) groups is 1. The fourth-order valence-electron chi connectivity index (χ4n) is 3.34. The van der Waals surface area contributed by atoms with Gasteiger partial charge in [0.15, 0.2) is 0 Å². The summed E-state index contributed by atoms with van der Waals surface area (Å²) >= 11 is 0. The highest BCUT2D eigenvalue weighted by atomic mass is 32.2. The quantitative estimate of drug-likeness (QED) is 0.694. The number of hydrogen-bond donors (Lipinski definition) is 1. The van der Waals surface area contributed by atoms with Crippen LogP contribution >= 0.6 is 0 Å². The predicted molar refractivity (Wildman–Crippen MR) is 108 cm³/mol. The highest BCUT2D eigenvalue weighted by Crippen LogP contribution is 2.21. The molecule has 1 aromatic rings. The van der Waals surface area contributed by atoms with E-state index in [0.29, 0.717) is 43.7 Å². The summed E-state index contributed by atoms with van der Waals surface area (Å²) in [7, 11) is -3.41. The molecule has 1 aromatic carbocycles. The molecule has 0 spiro atoms. The fourth-order valence-corrected chi connectivity index (χ4v) is 4.85. The molecule has 0 saturated carbocycles. The Kier molecular flexibility index (Phi) is 7.46. The third kappa shape index (κ3) is 5.33. The molecule has 1 aliphatic heterocycles. The number of benzene rings is 1. The molecule has 1 N–H and O–H groups in total. The van der Waals surface area contributed by atoms with Crippen molar-refractivity contribution in [1.29, 1.82) is 0 Å². The standard InChI is InChI=1S/C21H30N2O3S/c1-4-21(5-2,6-3)22-20(24)15-12-18-10-13-19(14-11-18)27(25,26)23-16-8-7-9-17-23/h1,10-11,13-14H,5-9,12,15-17H2,2-3H3,(H,22,24). The minimum atomic E-state index is -3.41. The Bertz CT molecular complexity index is 769. The number of aryl methyl sites for hydroxylation is 1. The lowest BCUT2D eigenvalue weighted by molar-refractivity contribution is -0.122. The molecule has 1 saturated heterocycles. The van der Waals surface area contributed by atoms with E-state index in [-0.39, 0.29) is 5.91 Å². The number of hydrogen-bond acceptors (Lipinski definition) is 3. The largest absolute Gasteiger partial charge is 0.340 e. The predicted octanol–water partition coefficient (Wildman–Crippen LogP) is 3.10. The topological polar surface area (TPSA) is 66.5 Å². The first-order valence-electron chi connectivity index (χ1n) is 9.75. The highest BCUT2D eigenvalue weighted by Gasteiger charge is 2.26. The summed E-state index contributed by atoms with van der Waals surface area (Å²) in [5.41, 5.74) is 0.353. The minimum absolute atomic E-state index is 0.0818. The summed E-state index contributed by atoms with van der Waals surface area (Å²) in [4.78, 5) is 12.6. The molecular weight excluding hydrogens is 360 g/mol. The molecular formula is C21H30N2O3S. The van der Waals surface area contributed by atoms with E-state index < -0.39 is 15.6 Å². The highest BCUT2D eigenvalue weighted by molar-refractivity contribution is 7.89. The Labute approximate surface area is 163 Å². The molecule has 0 bridgehead atoms. The van der Waals surface area contributed by atoms with Gasteiger partial charge < -0.3 is 5.32 Å². The summed E-state index contributed by atoms with van der Waals surface area (Å²) in [6.45, 7) is 5.11. The van der Waals surface area contributed by atoms with Crippen LogP contribution in [0.3, 0.4) is 0 Å². The summed E-state index contributed by atoms with van der Waals surface area (Å²) < 4.78 is 26.9. The van der Waals surface area contributed by atoms with Crippen LogP contribution in [0.5, 0.6) is 0 Å². The van der Waals surface area contributed by atoms with Crippen LogP contribution < -0.4 is 5.32 Å². The average Bonchev–Trinajstić information content (AvgIpc) is 2.71. The number of rotatable bonds is 8. The first-order chi connectivity index (χ1) is 12.9. The van der Waals surface area contributed by atoms with Crippen LogP contribution in [-0.4, -0.2) is 37.3 Å². The van der Waals surface area contributed by atoms with Crippen molar-refractivity contribution in [3.63, 3.8) is 0 Å². The number of nitrogens with one attached hydrogen (secondary N) is 1. The van der Waals surface area contributed by atoms with Gasteiger partial charge in [-0.3, -0.25) is 4.79 Å². The lowest BCUT2D eigenvalue weighted by Gasteiger charge is -2.27. The molecule has 2 rings (SSSR count). The zero-order valence-electron chi connectivity index (χ0n) is 16.3. The minimum Gasteiger partial charge on any atom is -0.340 e. The molecule has 0 radical (unpaired) electrons. The van der Waals surface area contributed by atoms with E-state index in [9.17, 15) is 13.2 Å². The molecule has 0 unspecified atom stereocenters. The van der Waals surface area contributed by atoms with Crippen molar-refractivity contribution in [3.8, 4) is 12.3 Å². The number of amides is 1. The van der Waals surface area contributed by atoms with Crippen LogP contribution in [0, 0.1) is 12.3 Å². The lowest BCUT2D eigenvalue weighted by atomic mass is 9.93. The van der Waals surface area contributed by atoms with Gasteiger partial charge in [-0.2, -0.15) is 4.31 Å². The molecule has 1 fully saturated rings. The molecule has 1 aliphatic rings. The molecule has 1 heterocycles. The maximum atomic E-state index is 12.7. The SMILES string of the molecule is C#CC(CC)(CC)NC(=O)CCc1ccc(S(=O)(=O)N2CCCCC2)cc1. The average molecular weight is 391 g/mol. The van der Waals surface area contributed by atoms with Gasteiger partial charge in [0.25, 0.3) is 0 Å². The monoisotopic (exact) mass is 390 g/mol. The zero-order valence-corrected chi connectivity index (χ0v) is 17.1. The molecule has 27 heavy (non-hydrogen) atoms. The van der Waals surface area contributed by atoms with E-state index in [1.165, 1.54) is 0 Å². The summed E-state index contributed by atoms with van der Waals surface area (Å²) in [6, 6.07) is 6.86. The Balaban J connectivity index is 1.96. The first kappa shape index (κ1) is 21.5. The van der Waals surface area contributed by atoms with Crippen molar-refractivity contribution < 1.29 is 13.2 Å². The number of piperidine rings is 1. The van der Waals surface area contributed by atoms with E-state index in [1.54, 1.807) is 28.6 Å². The summed E-state index contributed by atoms with van der Waals surface area (Å²) in [5, 5.41) is 2.95. The van der Waals surface area contributed by atoms with Gasteiger partial charge >= 0.3 is 0 Å². The van der Waals surface area contributed by atoms with Crippen molar-refractivity contribution in [2.24, 2.45) is 0 Å². The molecule has 148 valence electrons. The second-order valence-corrected chi connectivity index (χ2v) is 9.03. The van der Waals surface area contributed by atoms with Crippen LogP contribution in [0.25, 0.3) is 0 Å². The van der Waals surface area contributed by atoms with Crippen molar-refractivity contribution in [2.45, 2.75) is 69.2 Å². The number of carbonyl (C=O) groups excluding carboxylic acids is 1. The third-order valence-corrected chi connectivity index (χ3v) is 7.29. The molecule has 5 nitrogen and oxygen atoms in total. The maximum absolute atomic E-state index is 12.7. The fraction of sp³-hybridized carbons (Fsp3) is 0.571. The van der Waals surface area contributed by atoms with Crippen LogP contribution in [0.1, 0.15) is 57.9 Å². The summed E-state index contributed by atoms with van der Waals surface area (Å²) in [6.07, 6.45) is 10.7. The van der Waals surface area contributed by atoms with E-state index in [4.69, 9.17) is 6.42 Å². The lowest BCUT2D eigenvalue weighted by Crippen LogP contribution is -2.46. The van der Waals surface area contributed by atoms with Gasteiger partial charge in [0.1, 0.15) is 5.54 Å². The Morgan fingerprint density at radius 1 is 1.15 bits per heavy atom. The number of terminal acetylenes is 1. The van der Waals surface area contributed by atoms with Gasteiger partial charge in [-0.1, -0.05) is 38.3 Å². The number of sulfonamides is 1.